The smallest absolute Gasteiger partial charge is 0.507 e. The van der Waals surface area contributed by atoms with Gasteiger partial charge in [-0.3, -0.25) is 42.6 Å². The molecule has 5 aromatic carbocycles. The van der Waals surface area contributed by atoms with Crippen LogP contribution < -0.4 is 31.1 Å². The molecule has 0 radical (unpaired) electrons. The fraction of sp³-hybridized carbons (Fsp3) is 0.443. The summed E-state index contributed by atoms with van der Waals surface area (Å²) >= 11 is 0. The van der Waals surface area contributed by atoms with E-state index in [4.69, 9.17) is 18.3 Å². The zero-order chi connectivity index (χ0) is 65.5. The minimum atomic E-state index is -4.61. The number of nitrogens with one attached hydrogen (secondary N) is 5. The van der Waals surface area contributed by atoms with Gasteiger partial charge in [0.1, 0.15) is 41.7 Å². The molecule has 0 saturated heterocycles. The van der Waals surface area contributed by atoms with E-state index in [1.807, 2.05) is 42.5 Å². The van der Waals surface area contributed by atoms with Crippen molar-refractivity contribution in [2.24, 2.45) is 0 Å². The molecule has 4 bridgehead atoms. The van der Waals surface area contributed by atoms with Crippen LogP contribution in [0, 0.1) is 0 Å². The van der Waals surface area contributed by atoms with Gasteiger partial charge in [0.05, 0.1) is 33.0 Å². The van der Waals surface area contributed by atoms with Crippen molar-refractivity contribution in [3.63, 3.8) is 0 Å². The molecule has 0 aliphatic carbocycles. The predicted octanol–water partition coefficient (Wildman–Crippen LogP) is 10.5. The van der Waals surface area contributed by atoms with Crippen LogP contribution in [0.15, 0.2) is 140 Å². The Morgan fingerprint density at radius 1 is 0.681 bits per heavy atom. The molecular formula is C70H92N7O13P. The van der Waals surface area contributed by atoms with Crippen LogP contribution in [0.5, 0.6) is 11.5 Å². The van der Waals surface area contributed by atoms with E-state index in [1.54, 1.807) is 67.7 Å². The van der Waals surface area contributed by atoms with E-state index in [0.717, 1.165) is 29.7 Å². The largest absolute Gasteiger partial charge is 0.530 e. The van der Waals surface area contributed by atoms with Gasteiger partial charge in [-0.05, 0) is 72.4 Å². The minimum Gasteiger partial charge on any atom is -0.507 e. The SMILES string of the molecule is C=CCNC(=O)[C@@H]1Cc2ccc(O)c(c2)-c2cc(ccc2OP(=O)(OCc2ccccc2)OCc2ccccc2)[C@H](N(C)C(=O)CNC(=O)[C@@H](C)NC(=O)[C@@H](COCc2ccccc2)N(C)C(=O)CCCCCCCCCCCCCCC)C(=O)N[C@@H](C)C(=O)N1. The van der Waals surface area contributed by atoms with Crippen LogP contribution in [0.25, 0.3) is 11.1 Å². The number of hydrogen-bond acceptors (Lipinski definition) is 13. The second-order valence-electron chi connectivity index (χ2n) is 23.1. The maximum Gasteiger partial charge on any atom is 0.530 e. The van der Waals surface area contributed by atoms with E-state index in [2.05, 4.69) is 40.1 Å². The molecule has 490 valence electrons. The van der Waals surface area contributed by atoms with Gasteiger partial charge < -0.3 is 50.8 Å². The number of fused-ring (bicyclic) bond motifs is 5. The summed E-state index contributed by atoms with van der Waals surface area (Å²) in [7, 11) is -1.75. The zero-order valence-corrected chi connectivity index (χ0v) is 54.2. The predicted molar refractivity (Wildman–Crippen MR) is 350 cm³/mol. The third-order valence-corrected chi connectivity index (χ3v) is 17.1. The van der Waals surface area contributed by atoms with E-state index in [-0.39, 0.29) is 79.9 Å². The number of carbonyl (C=O) groups excluding carboxylic acids is 7. The van der Waals surface area contributed by atoms with Gasteiger partial charge in [-0.15, -0.1) is 6.58 Å². The number of ether oxygens (including phenoxy) is 1. The van der Waals surface area contributed by atoms with Gasteiger partial charge in [-0.1, -0.05) is 193 Å². The molecule has 20 nitrogen and oxygen atoms in total. The molecule has 91 heavy (non-hydrogen) atoms. The van der Waals surface area contributed by atoms with Gasteiger partial charge >= 0.3 is 7.82 Å². The molecule has 0 saturated carbocycles. The quantitative estimate of drug-likeness (QED) is 0.0124. The average Bonchev–Trinajstić information content (AvgIpc) is 1.48. The summed E-state index contributed by atoms with van der Waals surface area (Å²) < 4.78 is 39.2. The first-order valence-corrected chi connectivity index (χ1v) is 33.2. The molecule has 1 heterocycles. The first-order valence-electron chi connectivity index (χ1n) is 31.7. The lowest BCUT2D eigenvalue weighted by Gasteiger charge is -2.31. The van der Waals surface area contributed by atoms with Crippen LogP contribution in [0.4, 0.5) is 0 Å². The van der Waals surface area contributed by atoms with Gasteiger partial charge in [0.2, 0.25) is 41.4 Å². The number of amides is 7. The van der Waals surface area contributed by atoms with Crippen LogP contribution in [-0.2, 0) is 78.2 Å². The number of phenolic OH excluding ortho intramolecular Hbond substituents is 1. The monoisotopic (exact) mass is 1270 g/mol. The topological polar surface area (TPSA) is 260 Å². The summed E-state index contributed by atoms with van der Waals surface area (Å²) in [5.41, 5.74) is 2.86. The molecule has 0 fully saturated rings. The Balaban J connectivity index is 1.22. The first-order chi connectivity index (χ1) is 43.9. The van der Waals surface area contributed by atoms with Gasteiger partial charge in [0, 0.05) is 44.6 Å². The zero-order valence-electron chi connectivity index (χ0n) is 53.3. The standard InChI is InChI=1S/C70H92N7O13P/c1-7-9-10-11-12-13-14-15-16-17-18-19-29-36-63(79)76(5)60(49-87-46-52-30-23-20-24-31-52)69(84)73-50(3)66(81)72-45-64(80)77(6)65-56-38-40-62(90-91(86,88-47-53-32-25-21-26-33-53)89-48-54-34-27-22-28-35-54)58(44-56)57-42-55(37-39-61(57)78)43-59(68(83)71-41-8-2)75-67(82)51(4)74-70(65)85/h8,20-28,30-35,37-40,42,44,50-51,59-60,65,78H,2,7,9-19,29,36,41,43,45-49H2,1,3-6H3,(H,71,83)(H,72,81)(H,73,84)(H,74,85)(H,75,82)/t50-,51+,59+,60-,65+/m1/s1. The highest BCUT2D eigenvalue weighted by molar-refractivity contribution is 7.48. The number of likely N-dealkylation sites (N-methyl/N-ethyl adjacent to an activating group) is 2. The summed E-state index contributed by atoms with van der Waals surface area (Å²) in [5.74, 6) is -5.08. The van der Waals surface area contributed by atoms with E-state index in [0.29, 0.717) is 23.1 Å². The van der Waals surface area contributed by atoms with Gasteiger partial charge in [0.25, 0.3) is 0 Å². The van der Waals surface area contributed by atoms with Crippen LogP contribution in [0.2, 0.25) is 0 Å². The Labute approximate surface area is 536 Å². The van der Waals surface area contributed by atoms with Gasteiger partial charge in [0.15, 0.2) is 0 Å². The first kappa shape index (κ1) is 71.9. The lowest BCUT2D eigenvalue weighted by atomic mass is 9.93. The van der Waals surface area contributed by atoms with Crippen LogP contribution in [-0.4, -0.2) is 114 Å². The molecule has 6 N–H and O–H groups in total. The van der Waals surface area contributed by atoms with Crippen molar-refractivity contribution in [3.05, 3.63) is 168 Å². The van der Waals surface area contributed by atoms with Crippen molar-refractivity contribution < 1.29 is 61.5 Å². The normalized spacial score (nSPS) is 15.5. The number of nitrogens with zero attached hydrogens (tertiary/aromatic N) is 2. The molecule has 5 atom stereocenters. The average molecular weight is 1270 g/mol. The number of aromatic hydroxyl groups is 1. The summed E-state index contributed by atoms with van der Waals surface area (Å²) in [6.45, 7) is 7.73. The van der Waals surface area contributed by atoms with Crippen molar-refractivity contribution >= 4 is 49.2 Å². The molecule has 1 aliphatic heterocycles. The highest BCUT2D eigenvalue weighted by Gasteiger charge is 2.36. The molecule has 1 aliphatic rings. The van der Waals surface area contributed by atoms with Crippen molar-refractivity contribution in [1.29, 1.82) is 0 Å². The maximum absolute atomic E-state index is 15.0. The Morgan fingerprint density at radius 3 is 1.81 bits per heavy atom. The molecule has 0 aromatic heterocycles. The van der Waals surface area contributed by atoms with Gasteiger partial charge in [-0.2, -0.15) is 0 Å². The summed E-state index contributed by atoms with van der Waals surface area (Å²) in [4.78, 5) is 101. The highest BCUT2D eigenvalue weighted by atomic mass is 31.2. The van der Waals surface area contributed by atoms with Crippen LogP contribution in [0.1, 0.15) is 145 Å². The lowest BCUT2D eigenvalue weighted by molar-refractivity contribution is -0.143. The van der Waals surface area contributed by atoms with E-state index < -0.39 is 80.0 Å². The number of benzene rings is 5. The number of phenols is 1. The molecule has 21 heteroatoms. The van der Waals surface area contributed by atoms with Gasteiger partial charge in [-0.25, -0.2) is 4.57 Å². The Kier molecular flexibility index (Phi) is 29.9. The molecule has 5 aromatic rings. The number of carbonyl (C=O) groups is 7. The van der Waals surface area contributed by atoms with Crippen molar-refractivity contribution in [1.82, 2.24) is 36.4 Å². The molecule has 0 spiro atoms. The Bertz CT molecular complexity index is 3160. The molecule has 7 amide bonds. The third-order valence-electron chi connectivity index (χ3n) is 15.8. The maximum atomic E-state index is 15.0. The fourth-order valence-electron chi connectivity index (χ4n) is 10.4. The summed E-state index contributed by atoms with van der Waals surface area (Å²) in [6, 6.07) is 29.6. The highest BCUT2D eigenvalue weighted by Crippen LogP contribution is 2.54. The minimum absolute atomic E-state index is 0.0534. The second-order valence-corrected chi connectivity index (χ2v) is 24.7. The van der Waals surface area contributed by atoms with E-state index >= 15 is 0 Å². The number of unbranched alkanes of at least 4 members (excludes halogenated alkanes) is 12. The van der Waals surface area contributed by atoms with Crippen molar-refractivity contribution in [3.8, 4) is 22.6 Å². The number of hydrogen-bond donors (Lipinski definition) is 6. The lowest BCUT2D eigenvalue weighted by Crippen LogP contribution is -2.56. The number of rotatable bonds is 36. The second kappa shape index (κ2) is 37.9. The van der Waals surface area contributed by atoms with Crippen LogP contribution in [0.3, 0.4) is 0 Å². The summed E-state index contributed by atoms with van der Waals surface area (Å²) in [5, 5.41) is 25.1. The third kappa shape index (κ3) is 23.5. The molecule has 6 rings (SSSR count). The number of phosphoric acid groups is 1. The van der Waals surface area contributed by atoms with Crippen molar-refractivity contribution in [2.75, 3.05) is 33.8 Å². The Morgan fingerprint density at radius 2 is 1.24 bits per heavy atom. The summed E-state index contributed by atoms with van der Waals surface area (Å²) in [6.07, 6.45) is 16.7. The fourth-order valence-corrected chi connectivity index (χ4v) is 11.6. The van der Waals surface area contributed by atoms with Crippen molar-refractivity contribution in [2.45, 2.75) is 167 Å². The van der Waals surface area contributed by atoms with E-state index in [9.17, 15) is 43.2 Å². The molecule has 0 unspecified atom stereocenters. The Hall–Kier alpha value is -8.16. The van der Waals surface area contributed by atoms with Crippen LogP contribution >= 0.6 is 7.82 Å². The van der Waals surface area contributed by atoms with E-state index in [1.165, 1.54) is 114 Å². The number of phosphoric ester groups is 1. The molecular weight excluding hydrogens is 1180 g/mol.